The number of ether oxygens (including phenoxy) is 1. The zero-order chi connectivity index (χ0) is 21.9. The van der Waals surface area contributed by atoms with Crippen LogP contribution in [-0.4, -0.2) is 27.6 Å². The van der Waals surface area contributed by atoms with E-state index in [-0.39, 0.29) is 11.9 Å². The number of hydrogen-bond acceptors (Lipinski definition) is 4. The lowest BCUT2D eigenvalue weighted by atomic mass is 9.96. The summed E-state index contributed by atoms with van der Waals surface area (Å²) in [6, 6.07) is 21.4. The van der Waals surface area contributed by atoms with E-state index in [9.17, 15) is 4.79 Å². The van der Waals surface area contributed by atoms with Crippen LogP contribution in [-0.2, 0) is 6.54 Å². The molecular weight excluding hydrogens is 402 g/mol. The molecule has 1 aliphatic rings. The number of nitrogens with zero attached hydrogens (tertiary/aromatic N) is 2. The molecule has 0 bridgehead atoms. The van der Waals surface area contributed by atoms with Crippen LogP contribution in [0, 0.1) is 0 Å². The Morgan fingerprint density at radius 2 is 1.97 bits per heavy atom. The first kappa shape index (κ1) is 20.1. The third-order valence-corrected chi connectivity index (χ3v) is 5.76. The van der Waals surface area contributed by atoms with Gasteiger partial charge in [-0.3, -0.25) is 9.89 Å². The maximum atomic E-state index is 13.4. The van der Waals surface area contributed by atoms with E-state index in [1.54, 1.807) is 6.26 Å². The molecule has 0 spiro atoms. The van der Waals surface area contributed by atoms with Gasteiger partial charge in [0.15, 0.2) is 0 Å². The lowest BCUT2D eigenvalue weighted by Gasteiger charge is -2.26. The Labute approximate surface area is 186 Å². The van der Waals surface area contributed by atoms with Gasteiger partial charge in [0.05, 0.1) is 31.2 Å². The summed E-state index contributed by atoms with van der Waals surface area (Å²) >= 11 is 0. The smallest absolute Gasteiger partial charge is 0.273 e. The number of hydrogen-bond donors (Lipinski definition) is 1. The molecule has 162 valence electrons. The molecule has 2 aromatic carbocycles. The number of nitrogens with one attached hydrogen (secondary N) is 1. The molecule has 0 saturated carbocycles. The van der Waals surface area contributed by atoms with Crippen molar-refractivity contribution in [2.75, 3.05) is 6.61 Å². The molecule has 5 rings (SSSR count). The van der Waals surface area contributed by atoms with Gasteiger partial charge in [-0.2, -0.15) is 5.10 Å². The second-order valence-corrected chi connectivity index (χ2v) is 7.92. The van der Waals surface area contributed by atoms with Crippen LogP contribution in [0.15, 0.2) is 77.4 Å². The Bertz CT molecular complexity index is 1200. The SMILES string of the molecule is CCCCOc1cccc(C2c3c(-c4ccccc4)n[nH]c3C(=O)N2Cc2ccco2)c1. The van der Waals surface area contributed by atoms with Crippen LogP contribution in [0.1, 0.15) is 53.2 Å². The third kappa shape index (κ3) is 3.68. The van der Waals surface area contributed by atoms with Crippen molar-refractivity contribution in [2.24, 2.45) is 0 Å². The van der Waals surface area contributed by atoms with Crippen LogP contribution in [0.4, 0.5) is 0 Å². The maximum absolute atomic E-state index is 13.4. The number of H-pyrrole nitrogens is 1. The summed E-state index contributed by atoms with van der Waals surface area (Å²) in [5.74, 6) is 1.45. The van der Waals surface area contributed by atoms with Gasteiger partial charge in [-0.25, -0.2) is 0 Å². The minimum absolute atomic E-state index is 0.0895. The van der Waals surface area contributed by atoms with Gasteiger partial charge >= 0.3 is 0 Å². The number of fused-ring (bicyclic) bond motifs is 1. The van der Waals surface area contributed by atoms with Gasteiger partial charge in [0.25, 0.3) is 5.91 Å². The molecule has 6 nitrogen and oxygen atoms in total. The molecule has 32 heavy (non-hydrogen) atoms. The minimum atomic E-state index is -0.300. The summed E-state index contributed by atoms with van der Waals surface area (Å²) in [5, 5.41) is 7.52. The number of unbranched alkanes of at least 4 members (excludes halogenated alkanes) is 1. The van der Waals surface area contributed by atoms with Gasteiger partial charge < -0.3 is 14.1 Å². The van der Waals surface area contributed by atoms with Crippen LogP contribution >= 0.6 is 0 Å². The van der Waals surface area contributed by atoms with Crippen LogP contribution in [0.3, 0.4) is 0 Å². The standard InChI is InChI=1S/C26H25N3O3/c1-2-3-14-31-20-12-7-11-19(16-20)25-22-23(18-9-5-4-6-10-18)27-28-24(22)26(30)29(25)17-21-13-8-15-32-21/h4-13,15-16,25H,2-3,14,17H2,1H3,(H,27,28). The van der Waals surface area contributed by atoms with Gasteiger partial charge in [0.2, 0.25) is 0 Å². The monoisotopic (exact) mass is 427 g/mol. The highest BCUT2D eigenvalue weighted by Gasteiger charge is 2.42. The molecule has 6 heteroatoms. The van der Waals surface area contributed by atoms with Crippen molar-refractivity contribution >= 4 is 5.91 Å². The molecule has 0 aliphatic carbocycles. The Balaban J connectivity index is 1.59. The summed E-state index contributed by atoms with van der Waals surface area (Å²) in [6.07, 6.45) is 3.71. The van der Waals surface area contributed by atoms with Crippen molar-refractivity contribution < 1.29 is 13.9 Å². The number of aromatic nitrogens is 2. The molecule has 1 atom stereocenters. The quantitative estimate of drug-likeness (QED) is 0.372. The first-order valence-electron chi connectivity index (χ1n) is 11.0. The maximum Gasteiger partial charge on any atom is 0.273 e. The molecule has 2 aromatic heterocycles. The van der Waals surface area contributed by atoms with E-state index in [1.165, 1.54) is 0 Å². The summed E-state index contributed by atoms with van der Waals surface area (Å²) in [4.78, 5) is 15.3. The lowest BCUT2D eigenvalue weighted by Crippen LogP contribution is -2.29. The Morgan fingerprint density at radius 3 is 2.75 bits per heavy atom. The van der Waals surface area contributed by atoms with Crippen LogP contribution < -0.4 is 4.74 Å². The summed E-state index contributed by atoms with van der Waals surface area (Å²) in [6.45, 7) is 3.18. The van der Waals surface area contributed by atoms with Gasteiger partial charge in [-0.1, -0.05) is 55.8 Å². The van der Waals surface area contributed by atoms with Gasteiger partial charge in [-0.05, 0) is 36.2 Å². The van der Waals surface area contributed by atoms with Crippen molar-refractivity contribution in [3.63, 3.8) is 0 Å². The van der Waals surface area contributed by atoms with E-state index in [0.29, 0.717) is 18.8 Å². The van der Waals surface area contributed by atoms with E-state index < -0.39 is 0 Å². The first-order valence-corrected chi connectivity index (χ1v) is 11.0. The van der Waals surface area contributed by atoms with E-state index in [2.05, 4.69) is 17.1 Å². The second kappa shape index (κ2) is 8.75. The van der Waals surface area contributed by atoms with Gasteiger partial charge in [-0.15, -0.1) is 0 Å². The number of rotatable bonds is 8. The molecule has 1 N–H and O–H groups in total. The van der Waals surface area contributed by atoms with Crippen molar-refractivity contribution in [1.82, 2.24) is 15.1 Å². The molecular formula is C26H25N3O3. The van der Waals surface area contributed by atoms with Crippen molar-refractivity contribution in [2.45, 2.75) is 32.4 Å². The fraction of sp³-hybridized carbons (Fsp3) is 0.231. The number of furan rings is 1. The Hall–Kier alpha value is -3.80. The van der Waals surface area contributed by atoms with Crippen molar-refractivity contribution in [3.8, 4) is 17.0 Å². The zero-order valence-electron chi connectivity index (χ0n) is 18.0. The van der Waals surface area contributed by atoms with Crippen molar-refractivity contribution in [1.29, 1.82) is 0 Å². The highest BCUT2D eigenvalue weighted by Crippen LogP contribution is 2.44. The normalized spacial score (nSPS) is 15.2. The fourth-order valence-corrected chi connectivity index (χ4v) is 4.20. The van der Waals surface area contributed by atoms with Gasteiger partial charge in [0, 0.05) is 11.1 Å². The van der Waals surface area contributed by atoms with E-state index in [1.807, 2.05) is 71.6 Å². The molecule has 0 radical (unpaired) electrons. The number of carbonyl (C=O) groups excluding carboxylic acids is 1. The predicted molar refractivity (Wildman–Crippen MR) is 121 cm³/mol. The summed E-state index contributed by atoms with van der Waals surface area (Å²) in [7, 11) is 0. The molecule has 1 amide bonds. The topological polar surface area (TPSA) is 71.4 Å². The van der Waals surface area contributed by atoms with Crippen LogP contribution in [0.5, 0.6) is 5.75 Å². The van der Waals surface area contributed by atoms with Gasteiger partial charge in [0.1, 0.15) is 17.2 Å². The molecule has 0 saturated heterocycles. The average Bonchev–Trinajstić information content (AvgIpc) is 3.54. The lowest BCUT2D eigenvalue weighted by molar-refractivity contribution is 0.0716. The number of benzene rings is 2. The summed E-state index contributed by atoms with van der Waals surface area (Å²) < 4.78 is 11.5. The molecule has 4 aromatic rings. The highest BCUT2D eigenvalue weighted by molar-refractivity contribution is 6.00. The van der Waals surface area contributed by atoms with E-state index in [4.69, 9.17) is 9.15 Å². The molecule has 3 heterocycles. The van der Waals surface area contributed by atoms with Crippen LogP contribution in [0.2, 0.25) is 0 Å². The second-order valence-electron chi connectivity index (χ2n) is 7.92. The molecule has 1 unspecified atom stereocenters. The highest BCUT2D eigenvalue weighted by atomic mass is 16.5. The molecule has 0 fully saturated rings. The minimum Gasteiger partial charge on any atom is -0.494 e. The number of carbonyl (C=O) groups is 1. The Kier molecular flexibility index (Phi) is 5.50. The summed E-state index contributed by atoms with van der Waals surface area (Å²) in [5.41, 5.74) is 4.16. The first-order chi connectivity index (χ1) is 15.8. The Morgan fingerprint density at radius 1 is 1.09 bits per heavy atom. The number of aromatic amines is 1. The van der Waals surface area contributed by atoms with Crippen molar-refractivity contribution in [3.05, 3.63) is 95.6 Å². The van der Waals surface area contributed by atoms with E-state index >= 15 is 0 Å². The largest absolute Gasteiger partial charge is 0.494 e. The average molecular weight is 428 g/mol. The predicted octanol–water partition coefficient (Wildman–Crippen LogP) is 5.59. The fourth-order valence-electron chi connectivity index (χ4n) is 4.20. The van der Waals surface area contributed by atoms with E-state index in [0.717, 1.165) is 46.7 Å². The van der Waals surface area contributed by atoms with Crippen LogP contribution in [0.25, 0.3) is 11.3 Å². The molecule has 1 aliphatic heterocycles. The zero-order valence-corrected chi connectivity index (χ0v) is 18.0. The number of amides is 1. The third-order valence-electron chi connectivity index (χ3n) is 5.76.